The summed E-state index contributed by atoms with van der Waals surface area (Å²) in [6, 6.07) is 8.19. The molecule has 1 aromatic carbocycles. The summed E-state index contributed by atoms with van der Waals surface area (Å²) in [5, 5.41) is 3.33. The molecular weight excluding hydrogens is 262 g/mol. The van der Waals surface area contributed by atoms with E-state index in [1.165, 1.54) is 12.0 Å². The van der Waals surface area contributed by atoms with E-state index in [2.05, 4.69) is 31.3 Å². The van der Waals surface area contributed by atoms with Gasteiger partial charge in [-0.25, -0.2) is 0 Å². The van der Waals surface area contributed by atoms with Crippen LogP contribution in [0.2, 0.25) is 0 Å². The summed E-state index contributed by atoms with van der Waals surface area (Å²) < 4.78 is 5.85. The summed E-state index contributed by atoms with van der Waals surface area (Å²) in [6.45, 7) is 6.05. The first-order chi connectivity index (χ1) is 10.1. The van der Waals surface area contributed by atoms with E-state index >= 15 is 0 Å². The van der Waals surface area contributed by atoms with Gasteiger partial charge in [-0.2, -0.15) is 0 Å². The van der Waals surface area contributed by atoms with Crippen LogP contribution >= 0.6 is 0 Å². The third-order valence-corrected chi connectivity index (χ3v) is 4.80. The number of ether oxygens (including phenoxy) is 1. The Morgan fingerprint density at radius 2 is 1.86 bits per heavy atom. The molecule has 1 heterocycles. The van der Waals surface area contributed by atoms with Crippen molar-refractivity contribution in [2.75, 3.05) is 6.54 Å². The van der Waals surface area contributed by atoms with Crippen molar-refractivity contribution >= 4 is 5.97 Å². The van der Waals surface area contributed by atoms with Crippen LogP contribution in [0.4, 0.5) is 0 Å². The molecule has 0 amide bonds. The lowest BCUT2D eigenvalue weighted by atomic mass is 9.81. The molecule has 1 aromatic rings. The summed E-state index contributed by atoms with van der Waals surface area (Å²) >= 11 is 0. The van der Waals surface area contributed by atoms with Gasteiger partial charge < -0.3 is 10.1 Å². The minimum Gasteiger partial charge on any atom is -0.462 e. The Balaban J connectivity index is 1.69. The van der Waals surface area contributed by atoms with E-state index < -0.39 is 0 Å². The highest BCUT2D eigenvalue weighted by Crippen LogP contribution is 2.32. The van der Waals surface area contributed by atoms with Gasteiger partial charge in [-0.3, -0.25) is 4.79 Å². The van der Waals surface area contributed by atoms with Crippen LogP contribution in [0.25, 0.3) is 0 Å². The SMILES string of the molecule is CC1CC(C)CC(OC(=O)C2CNCc3ccccc32)C1. The van der Waals surface area contributed by atoms with Crippen molar-refractivity contribution in [3.8, 4) is 0 Å². The second-order valence-electron chi connectivity index (χ2n) is 6.86. The smallest absolute Gasteiger partial charge is 0.315 e. The van der Waals surface area contributed by atoms with E-state index in [0.717, 1.165) is 24.9 Å². The quantitative estimate of drug-likeness (QED) is 0.849. The van der Waals surface area contributed by atoms with Crippen molar-refractivity contribution in [1.29, 1.82) is 0 Å². The normalized spacial score (nSPS) is 32.3. The molecule has 3 nitrogen and oxygen atoms in total. The minimum absolute atomic E-state index is 0.0547. The van der Waals surface area contributed by atoms with Crippen LogP contribution in [-0.2, 0) is 16.1 Å². The number of carbonyl (C=O) groups excluding carboxylic acids is 1. The molecule has 0 bridgehead atoms. The van der Waals surface area contributed by atoms with Gasteiger partial charge in [-0.15, -0.1) is 0 Å². The lowest BCUT2D eigenvalue weighted by Gasteiger charge is -2.33. The Hall–Kier alpha value is -1.35. The Bertz CT molecular complexity index is 504. The standard InChI is InChI=1S/C18H25NO2/c1-12-7-13(2)9-15(8-12)21-18(20)17-11-19-10-14-5-3-4-6-16(14)17/h3-6,12-13,15,17,19H,7-11H2,1-2H3. The highest BCUT2D eigenvalue weighted by Gasteiger charge is 2.32. The highest BCUT2D eigenvalue weighted by atomic mass is 16.5. The van der Waals surface area contributed by atoms with Gasteiger partial charge in [0, 0.05) is 13.1 Å². The molecule has 0 saturated heterocycles. The first-order valence-electron chi connectivity index (χ1n) is 8.12. The Labute approximate surface area is 127 Å². The third-order valence-electron chi connectivity index (χ3n) is 4.80. The van der Waals surface area contributed by atoms with Crippen LogP contribution in [0.5, 0.6) is 0 Å². The molecular formula is C18H25NO2. The number of benzene rings is 1. The van der Waals surface area contributed by atoms with E-state index in [4.69, 9.17) is 4.74 Å². The van der Waals surface area contributed by atoms with E-state index in [1.807, 2.05) is 12.1 Å². The molecule has 2 aliphatic rings. The van der Waals surface area contributed by atoms with Crippen LogP contribution < -0.4 is 5.32 Å². The number of carbonyl (C=O) groups is 1. The van der Waals surface area contributed by atoms with Crippen molar-refractivity contribution in [1.82, 2.24) is 5.32 Å². The summed E-state index contributed by atoms with van der Waals surface area (Å²) in [5.74, 6) is 1.11. The number of hydrogen-bond donors (Lipinski definition) is 1. The van der Waals surface area contributed by atoms with Gasteiger partial charge in [-0.05, 0) is 42.2 Å². The number of nitrogens with one attached hydrogen (secondary N) is 1. The zero-order valence-corrected chi connectivity index (χ0v) is 13.0. The molecule has 1 aliphatic carbocycles. The van der Waals surface area contributed by atoms with Crippen molar-refractivity contribution in [2.45, 2.75) is 51.7 Å². The molecule has 0 aromatic heterocycles. The number of hydrogen-bond acceptors (Lipinski definition) is 3. The van der Waals surface area contributed by atoms with Crippen LogP contribution in [0.3, 0.4) is 0 Å². The Morgan fingerprint density at radius 1 is 1.14 bits per heavy atom. The van der Waals surface area contributed by atoms with Crippen molar-refractivity contribution in [2.24, 2.45) is 11.8 Å². The zero-order chi connectivity index (χ0) is 14.8. The maximum Gasteiger partial charge on any atom is 0.315 e. The number of rotatable bonds is 2. The molecule has 1 N–H and O–H groups in total. The number of esters is 1. The van der Waals surface area contributed by atoms with Crippen molar-refractivity contribution in [3.05, 3.63) is 35.4 Å². The maximum atomic E-state index is 12.6. The average molecular weight is 287 g/mol. The summed E-state index contributed by atoms with van der Waals surface area (Å²) in [5.41, 5.74) is 2.36. The number of fused-ring (bicyclic) bond motifs is 1. The third kappa shape index (κ3) is 3.29. The molecule has 3 rings (SSSR count). The topological polar surface area (TPSA) is 38.3 Å². The predicted molar refractivity (Wildman–Crippen MR) is 82.9 cm³/mol. The molecule has 3 atom stereocenters. The van der Waals surface area contributed by atoms with Gasteiger partial charge in [0.25, 0.3) is 0 Å². The van der Waals surface area contributed by atoms with Gasteiger partial charge in [-0.1, -0.05) is 38.1 Å². The van der Waals surface area contributed by atoms with Crippen LogP contribution in [0.15, 0.2) is 24.3 Å². The molecule has 1 fully saturated rings. The lowest BCUT2D eigenvalue weighted by molar-refractivity contribution is -0.154. The van der Waals surface area contributed by atoms with Crippen LogP contribution in [0.1, 0.15) is 50.2 Å². The molecule has 1 aliphatic heterocycles. The predicted octanol–water partition coefficient (Wildman–Crippen LogP) is 3.24. The Morgan fingerprint density at radius 3 is 2.62 bits per heavy atom. The van der Waals surface area contributed by atoms with Gasteiger partial charge in [0.15, 0.2) is 0 Å². The van der Waals surface area contributed by atoms with Crippen LogP contribution in [-0.4, -0.2) is 18.6 Å². The molecule has 0 radical (unpaired) electrons. The van der Waals surface area contributed by atoms with E-state index in [1.54, 1.807) is 0 Å². The van der Waals surface area contributed by atoms with Gasteiger partial charge in [0.05, 0.1) is 5.92 Å². The summed E-state index contributed by atoms with van der Waals surface area (Å²) in [6.07, 6.45) is 3.38. The zero-order valence-electron chi connectivity index (χ0n) is 13.0. The fraction of sp³-hybridized carbons (Fsp3) is 0.611. The molecule has 0 spiro atoms. The summed E-state index contributed by atoms with van der Waals surface area (Å²) in [4.78, 5) is 12.6. The first-order valence-corrected chi connectivity index (χ1v) is 8.12. The van der Waals surface area contributed by atoms with E-state index in [-0.39, 0.29) is 18.0 Å². The molecule has 3 heteroatoms. The highest BCUT2D eigenvalue weighted by molar-refractivity contribution is 5.79. The maximum absolute atomic E-state index is 12.6. The fourth-order valence-corrected chi connectivity index (χ4v) is 3.92. The largest absolute Gasteiger partial charge is 0.462 e. The van der Waals surface area contributed by atoms with Gasteiger partial charge in [0.1, 0.15) is 6.10 Å². The van der Waals surface area contributed by atoms with E-state index in [0.29, 0.717) is 18.4 Å². The van der Waals surface area contributed by atoms with Crippen LogP contribution in [0, 0.1) is 11.8 Å². The minimum atomic E-state index is -0.150. The van der Waals surface area contributed by atoms with E-state index in [9.17, 15) is 4.79 Å². The fourth-order valence-electron chi connectivity index (χ4n) is 3.92. The second-order valence-corrected chi connectivity index (χ2v) is 6.86. The van der Waals surface area contributed by atoms with Gasteiger partial charge in [0.2, 0.25) is 0 Å². The second kappa shape index (κ2) is 6.18. The van der Waals surface area contributed by atoms with Crippen molar-refractivity contribution < 1.29 is 9.53 Å². The molecule has 1 saturated carbocycles. The first kappa shape index (κ1) is 14.6. The van der Waals surface area contributed by atoms with Crippen molar-refractivity contribution in [3.63, 3.8) is 0 Å². The monoisotopic (exact) mass is 287 g/mol. The lowest BCUT2D eigenvalue weighted by Crippen LogP contribution is -2.36. The average Bonchev–Trinajstić information content (AvgIpc) is 2.45. The molecule has 114 valence electrons. The summed E-state index contributed by atoms with van der Waals surface area (Å²) in [7, 11) is 0. The Kier molecular flexibility index (Phi) is 4.29. The van der Waals surface area contributed by atoms with Gasteiger partial charge >= 0.3 is 5.97 Å². The molecule has 21 heavy (non-hydrogen) atoms. The molecule has 3 unspecified atom stereocenters.